The minimum Gasteiger partial charge on any atom is -0.310 e. The van der Waals surface area contributed by atoms with Crippen molar-refractivity contribution in [2.45, 2.75) is 0 Å². The molecule has 2 heterocycles. The average molecular weight is 719 g/mol. The predicted octanol–water partition coefficient (Wildman–Crippen LogP) is 15.1. The van der Waals surface area contributed by atoms with Crippen LogP contribution < -0.4 is 4.90 Å². The number of anilines is 3. The molecule has 0 aliphatic rings. The molecular weight excluding hydrogens is 685 g/mol. The molecule has 0 unspecified atom stereocenters. The van der Waals surface area contributed by atoms with Gasteiger partial charge in [0.15, 0.2) is 0 Å². The molecule has 9 aromatic carbocycles. The maximum Gasteiger partial charge on any atom is 0.0541 e. The van der Waals surface area contributed by atoms with Gasteiger partial charge in [0.2, 0.25) is 0 Å². The summed E-state index contributed by atoms with van der Waals surface area (Å²) in [5, 5.41) is 7.60. The number of para-hydroxylation sites is 3. The van der Waals surface area contributed by atoms with Crippen molar-refractivity contribution in [1.29, 1.82) is 0 Å². The highest BCUT2D eigenvalue weighted by Crippen LogP contribution is 2.43. The first-order valence-corrected chi connectivity index (χ1v) is 19.6. The van der Waals surface area contributed by atoms with Crippen LogP contribution in [0, 0.1) is 0 Å². The van der Waals surface area contributed by atoms with E-state index in [9.17, 15) is 0 Å². The van der Waals surface area contributed by atoms with Crippen LogP contribution >= 0.6 is 11.3 Å². The van der Waals surface area contributed by atoms with Gasteiger partial charge in [0.05, 0.1) is 22.4 Å². The largest absolute Gasteiger partial charge is 0.310 e. The molecule has 0 fully saturated rings. The molecule has 0 aliphatic carbocycles. The Balaban J connectivity index is 1.01. The zero-order valence-corrected chi connectivity index (χ0v) is 30.7. The van der Waals surface area contributed by atoms with Crippen LogP contribution in [0.25, 0.3) is 80.7 Å². The van der Waals surface area contributed by atoms with Crippen molar-refractivity contribution in [1.82, 2.24) is 4.57 Å². The summed E-state index contributed by atoms with van der Waals surface area (Å²) < 4.78 is 5.02. The van der Waals surface area contributed by atoms with E-state index in [1.165, 1.54) is 80.7 Å². The van der Waals surface area contributed by atoms with Crippen LogP contribution in [0.5, 0.6) is 0 Å². The molecule has 0 atom stereocenters. The van der Waals surface area contributed by atoms with Crippen molar-refractivity contribution in [3.8, 4) is 27.9 Å². The summed E-state index contributed by atoms with van der Waals surface area (Å²) in [7, 11) is 0. The zero-order valence-electron chi connectivity index (χ0n) is 29.9. The fourth-order valence-electron chi connectivity index (χ4n) is 8.45. The van der Waals surface area contributed by atoms with Crippen LogP contribution in [-0.2, 0) is 0 Å². The van der Waals surface area contributed by atoms with Crippen molar-refractivity contribution in [2.24, 2.45) is 0 Å². The lowest BCUT2D eigenvalue weighted by atomic mass is 9.97. The standard InChI is InChI=1S/C52H34N2S/c1-2-17-41-36(13-1)14-12-25-47(41)53(40-31-32-46-45-21-6-10-26-51(45)55-52(46)34-40)39-29-27-35(28-30-39)37-15-11-16-38(33-37)42-18-3-7-22-48(42)54-49-23-8-4-19-43(49)44-20-5-9-24-50(44)54/h1-34H. The minimum absolute atomic E-state index is 1.12. The van der Waals surface area contributed by atoms with Gasteiger partial charge in [-0.05, 0) is 82.7 Å². The van der Waals surface area contributed by atoms with Gasteiger partial charge in [0.1, 0.15) is 0 Å². The molecule has 3 heteroatoms. The number of rotatable bonds is 6. The van der Waals surface area contributed by atoms with E-state index < -0.39 is 0 Å². The first-order chi connectivity index (χ1) is 27.3. The maximum atomic E-state index is 2.42. The van der Waals surface area contributed by atoms with Crippen LogP contribution in [0.2, 0.25) is 0 Å². The van der Waals surface area contributed by atoms with Gasteiger partial charge in [0, 0.05) is 53.3 Å². The first kappa shape index (κ1) is 31.6. The second-order valence-electron chi connectivity index (χ2n) is 14.1. The Morgan fingerprint density at radius 1 is 0.364 bits per heavy atom. The molecule has 0 amide bonds. The summed E-state index contributed by atoms with van der Waals surface area (Å²) in [6.45, 7) is 0. The zero-order chi connectivity index (χ0) is 36.3. The molecule has 0 radical (unpaired) electrons. The quantitative estimate of drug-likeness (QED) is 0.166. The highest BCUT2D eigenvalue weighted by Gasteiger charge is 2.18. The van der Waals surface area contributed by atoms with Crippen LogP contribution in [0.4, 0.5) is 17.1 Å². The lowest BCUT2D eigenvalue weighted by Gasteiger charge is -2.27. The van der Waals surface area contributed by atoms with Gasteiger partial charge < -0.3 is 9.47 Å². The SMILES string of the molecule is c1cc(-c2ccc(N(c3ccc4c(c3)sc3ccccc34)c3cccc4ccccc34)cc2)cc(-c2ccccc2-n2c3ccccc3c3ccccc32)c1. The Morgan fingerprint density at radius 3 is 1.78 bits per heavy atom. The monoisotopic (exact) mass is 718 g/mol. The van der Waals surface area contributed by atoms with Gasteiger partial charge in [0.25, 0.3) is 0 Å². The van der Waals surface area contributed by atoms with Crippen molar-refractivity contribution >= 4 is 81.1 Å². The predicted molar refractivity (Wildman–Crippen MR) is 237 cm³/mol. The smallest absolute Gasteiger partial charge is 0.0541 e. The second-order valence-corrected chi connectivity index (χ2v) is 15.2. The molecule has 0 bridgehead atoms. The van der Waals surface area contributed by atoms with Crippen LogP contribution in [-0.4, -0.2) is 4.57 Å². The van der Waals surface area contributed by atoms with Gasteiger partial charge in [-0.25, -0.2) is 0 Å². The van der Waals surface area contributed by atoms with Crippen LogP contribution in [0.15, 0.2) is 206 Å². The Hall–Kier alpha value is -6.94. The third kappa shape index (κ3) is 5.24. The van der Waals surface area contributed by atoms with Gasteiger partial charge in [-0.2, -0.15) is 0 Å². The first-order valence-electron chi connectivity index (χ1n) is 18.8. The number of benzene rings is 9. The fourth-order valence-corrected chi connectivity index (χ4v) is 9.59. The molecule has 0 N–H and O–H groups in total. The van der Waals surface area contributed by atoms with E-state index in [0.29, 0.717) is 0 Å². The van der Waals surface area contributed by atoms with Crippen molar-refractivity contribution < 1.29 is 0 Å². The number of aromatic nitrogens is 1. The minimum atomic E-state index is 1.12. The van der Waals surface area contributed by atoms with Crippen molar-refractivity contribution in [3.63, 3.8) is 0 Å². The molecule has 0 saturated heterocycles. The van der Waals surface area contributed by atoms with Gasteiger partial charge in [-0.15, -0.1) is 11.3 Å². The third-order valence-electron chi connectivity index (χ3n) is 11.0. The highest BCUT2D eigenvalue weighted by molar-refractivity contribution is 7.25. The van der Waals surface area contributed by atoms with Crippen molar-refractivity contribution in [2.75, 3.05) is 4.90 Å². The number of thiophene rings is 1. The van der Waals surface area contributed by atoms with E-state index in [-0.39, 0.29) is 0 Å². The summed E-state index contributed by atoms with van der Waals surface area (Å²) in [6, 6.07) is 75.2. The Morgan fingerprint density at radius 2 is 0.964 bits per heavy atom. The highest BCUT2D eigenvalue weighted by atomic mass is 32.1. The molecular formula is C52H34N2S. The summed E-state index contributed by atoms with van der Waals surface area (Å²) in [5.41, 5.74) is 11.8. The second kappa shape index (κ2) is 12.9. The Labute approximate surface area is 323 Å². The molecule has 11 rings (SSSR count). The van der Waals surface area contributed by atoms with E-state index in [1.807, 2.05) is 11.3 Å². The van der Waals surface area contributed by atoms with E-state index >= 15 is 0 Å². The van der Waals surface area contributed by atoms with Gasteiger partial charge >= 0.3 is 0 Å². The van der Waals surface area contributed by atoms with E-state index in [1.54, 1.807) is 0 Å². The third-order valence-corrected chi connectivity index (χ3v) is 12.1. The summed E-state index contributed by atoms with van der Waals surface area (Å²) in [4.78, 5) is 2.41. The Bertz CT molecular complexity index is 3160. The van der Waals surface area contributed by atoms with E-state index in [2.05, 4.69) is 216 Å². The van der Waals surface area contributed by atoms with E-state index in [0.717, 1.165) is 17.1 Å². The average Bonchev–Trinajstić information content (AvgIpc) is 3.80. The van der Waals surface area contributed by atoms with Gasteiger partial charge in [-0.1, -0.05) is 146 Å². The van der Waals surface area contributed by atoms with E-state index in [4.69, 9.17) is 0 Å². The molecule has 0 saturated carbocycles. The number of hydrogen-bond acceptors (Lipinski definition) is 2. The summed E-state index contributed by atoms with van der Waals surface area (Å²) in [5.74, 6) is 0. The lowest BCUT2D eigenvalue weighted by molar-refractivity contribution is 1.18. The fraction of sp³-hybridized carbons (Fsp3) is 0. The maximum absolute atomic E-state index is 2.42. The topological polar surface area (TPSA) is 8.17 Å². The lowest BCUT2D eigenvalue weighted by Crippen LogP contribution is -2.10. The van der Waals surface area contributed by atoms with Crippen LogP contribution in [0.3, 0.4) is 0 Å². The number of fused-ring (bicyclic) bond motifs is 7. The molecule has 2 nitrogen and oxygen atoms in total. The molecule has 11 aromatic rings. The van der Waals surface area contributed by atoms with Crippen molar-refractivity contribution in [3.05, 3.63) is 206 Å². The summed E-state index contributed by atoms with van der Waals surface area (Å²) in [6.07, 6.45) is 0. The number of hydrogen-bond donors (Lipinski definition) is 0. The molecule has 0 spiro atoms. The summed E-state index contributed by atoms with van der Waals surface area (Å²) >= 11 is 1.86. The molecule has 2 aromatic heterocycles. The van der Waals surface area contributed by atoms with Crippen LogP contribution in [0.1, 0.15) is 0 Å². The Kier molecular flexibility index (Phi) is 7.39. The van der Waals surface area contributed by atoms with Gasteiger partial charge in [-0.3, -0.25) is 0 Å². The normalized spacial score (nSPS) is 11.6. The molecule has 55 heavy (non-hydrogen) atoms. The molecule has 0 aliphatic heterocycles. The molecule has 258 valence electrons. The number of nitrogens with zero attached hydrogens (tertiary/aromatic N) is 2.